The Morgan fingerprint density at radius 3 is 2.52 bits per heavy atom. The minimum absolute atomic E-state index is 0.209. The largest absolute Gasteiger partial charge is 0.497 e. The number of halogens is 1. The van der Waals surface area contributed by atoms with Gasteiger partial charge in [-0.25, -0.2) is 9.79 Å². The van der Waals surface area contributed by atoms with Crippen molar-refractivity contribution in [1.29, 1.82) is 0 Å². The van der Waals surface area contributed by atoms with E-state index >= 15 is 0 Å². The molecule has 3 aromatic rings. The Kier molecular flexibility index (Phi) is 7.45. The normalized spacial score (nSPS) is 17.6. The van der Waals surface area contributed by atoms with Gasteiger partial charge in [0.2, 0.25) is 0 Å². The Hall–Kier alpha value is -3.70. The zero-order chi connectivity index (χ0) is 28.9. The van der Waals surface area contributed by atoms with Crippen LogP contribution in [0, 0.1) is 0 Å². The van der Waals surface area contributed by atoms with Crippen LogP contribution in [-0.2, 0) is 14.3 Å². The molecule has 0 spiro atoms. The summed E-state index contributed by atoms with van der Waals surface area (Å²) in [4.78, 5) is 48.1. The van der Waals surface area contributed by atoms with Crippen molar-refractivity contribution in [2.75, 3.05) is 25.7 Å². The number of nitrogens with zero attached hydrogens (tertiary/aromatic N) is 3. The molecule has 3 heterocycles. The zero-order valence-electron chi connectivity index (χ0n) is 22.9. The summed E-state index contributed by atoms with van der Waals surface area (Å²) in [6.45, 7) is 7.56. The van der Waals surface area contributed by atoms with Crippen LogP contribution < -0.4 is 29.3 Å². The number of anilines is 1. The van der Waals surface area contributed by atoms with Crippen molar-refractivity contribution in [2.24, 2.45) is 4.99 Å². The van der Waals surface area contributed by atoms with E-state index in [0.717, 1.165) is 21.5 Å². The van der Waals surface area contributed by atoms with Gasteiger partial charge in [-0.3, -0.25) is 14.2 Å². The Bertz CT molecular complexity index is 1770. The van der Waals surface area contributed by atoms with Gasteiger partial charge in [0.05, 0.1) is 42.9 Å². The standard InChI is InChI=1S/C29H28BrN3O6S/c1-7-32-20-10-8-16(30)12-18(20)23(26(32)34)25-27(35)33-24(19-13-17(37-5)9-11-21(19)38-6)22(28(36)39-14(2)3)15(4)31-29(33)40-25/h8-14,24H,7H2,1-6H3/b25-23-/t24-/m0/s1. The van der Waals surface area contributed by atoms with Crippen molar-refractivity contribution in [3.63, 3.8) is 0 Å². The molecule has 5 rings (SSSR count). The van der Waals surface area contributed by atoms with Crippen LogP contribution >= 0.6 is 27.3 Å². The number of esters is 1. The van der Waals surface area contributed by atoms with E-state index in [0.29, 0.717) is 45.2 Å². The van der Waals surface area contributed by atoms with Crippen molar-refractivity contribution < 1.29 is 23.8 Å². The van der Waals surface area contributed by atoms with Crippen LogP contribution in [0.2, 0.25) is 0 Å². The number of thiazole rings is 1. The lowest BCUT2D eigenvalue weighted by molar-refractivity contribution is -0.143. The molecule has 0 N–H and O–H groups in total. The third kappa shape index (κ3) is 4.46. The van der Waals surface area contributed by atoms with Gasteiger partial charge in [0.1, 0.15) is 22.1 Å². The van der Waals surface area contributed by atoms with E-state index in [2.05, 4.69) is 20.9 Å². The molecule has 1 aromatic heterocycles. The molecule has 1 atom stereocenters. The molecule has 11 heteroatoms. The molecule has 40 heavy (non-hydrogen) atoms. The average molecular weight is 627 g/mol. The number of hydrogen-bond acceptors (Lipinski definition) is 8. The molecule has 1 amide bonds. The van der Waals surface area contributed by atoms with Crippen LogP contribution in [0.3, 0.4) is 0 Å². The highest BCUT2D eigenvalue weighted by Crippen LogP contribution is 2.39. The summed E-state index contributed by atoms with van der Waals surface area (Å²) in [6.07, 6.45) is -0.390. The van der Waals surface area contributed by atoms with Crippen molar-refractivity contribution >= 4 is 50.4 Å². The minimum Gasteiger partial charge on any atom is -0.497 e. The number of allylic oxidation sites excluding steroid dienone is 1. The number of benzene rings is 2. The molecular formula is C29H28BrN3O6S. The number of ether oxygens (including phenoxy) is 3. The highest BCUT2D eigenvalue weighted by Gasteiger charge is 2.38. The van der Waals surface area contributed by atoms with Crippen molar-refractivity contribution in [3.8, 4) is 11.5 Å². The van der Waals surface area contributed by atoms with E-state index in [4.69, 9.17) is 14.2 Å². The molecule has 0 bridgehead atoms. The monoisotopic (exact) mass is 625 g/mol. The van der Waals surface area contributed by atoms with E-state index < -0.39 is 23.7 Å². The minimum atomic E-state index is -0.928. The fraction of sp³-hybridized carbons (Fsp3) is 0.310. The first kappa shape index (κ1) is 27.9. The van der Waals surface area contributed by atoms with Crippen LogP contribution in [0.15, 0.2) is 61.9 Å². The number of carbonyl (C=O) groups excluding carboxylic acids is 2. The second-order valence-electron chi connectivity index (χ2n) is 9.55. The van der Waals surface area contributed by atoms with Crippen LogP contribution in [0.4, 0.5) is 5.69 Å². The molecule has 2 aliphatic rings. The van der Waals surface area contributed by atoms with Crippen LogP contribution in [0.1, 0.15) is 44.9 Å². The lowest BCUT2D eigenvalue weighted by Crippen LogP contribution is -2.41. The first-order chi connectivity index (χ1) is 19.1. The Morgan fingerprint density at radius 2 is 1.88 bits per heavy atom. The maximum Gasteiger partial charge on any atom is 0.338 e. The van der Waals surface area contributed by atoms with Crippen LogP contribution in [0.25, 0.3) is 5.57 Å². The average Bonchev–Trinajstić information content (AvgIpc) is 3.38. The summed E-state index contributed by atoms with van der Waals surface area (Å²) in [5.41, 5.74) is 2.42. The molecule has 2 aliphatic heterocycles. The molecule has 2 aromatic carbocycles. The smallest absolute Gasteiger partial charge is 0.338 e. The first-order valence-corrected chi connectivity index (χ1v) is 14.3. The SMILES string of the molecule is CCN1C(=O)/C(=c2\sc3n(c2=O)[C@@H](c2cc(OC)ccc2OC)C(C(=O)OC(C)C)=C(C)N=3)c2cc(Br)ccc21. The van der Waals surface area contributed by atoms with Crippen LogP contribution in [0.5, 0.6) is 11.5 Å². The zero-order valence-corrected chi connectivity index (χ0v) is 25.3. The summed E-state index contributed by atoms with van der Waals surface area (Å²) >= 11 is 4.62. The molecular weight excluding hydrogens is 598 g/mol. The van der Waals surface area contributed by atoms with Gasteiger partial charge in [0.25, 0.3) is 11.5 Å². The third-order valence-corrected chi connectivity index (χ3v) is 8.36. The van der Waals surface area contributed by atoms with Crippen molar-refractivity contribution in [2.45, 2.75) is 39.8 Å². The number of amides is 1. The van der Waals surface area contributed by atoms with Gasteiger partial charge in [-0.1, -0.05) is 27.3 Å². The predicted octanol–water partition coefficient (Wildman–Crippen LogP) is 3.70. The van der Waals surface area contributed by atoms with Gasteiger partial charge >= 0.3 is 5.97 Å². The maximum absolute atomic E-state index is 14.3. The molecule has 9 nitrogen and oxygen atoms in total. The number of fused-ring (bicyclic) bond motifs is 2. The van der Waals surface area contributed by atoms with Crippen molar-refractivity contribution in [3.05, 3.63) is 83.0 Å². The topological polar surface area (TPSA) is 99.4 Å². The van der Waals surface area contributed by atoms with E-state index in [9.17, 15) is 14.4 Å². The summed E-state index contributed by atoms with van der Waals surface area (Å²) in [5.74, 6) is 0.131. The van der Waals surface area contributed by atoms with Gasteiger partial charge in [-0.2, -0.15) is 0 Å². The quantitative estimate of drug-likeness (QED) is 0.387. The van der Waals surface area contributed by atoms with Gasteiger partial charge in [-0.05, 0) is 64.1 Å². The van der Waals surface area contributed by atoms with Crippen molar-refractivity contribution in [1.82, 2.24) is 4.57 Å². The second-order valence-corrected chi connectivity index (χ2v) is 11.4. The number of carbonyl (C=O) groups is 2. The number of aromatic nitrogens is 1. The molecule has 0 aliphatic carbocycles. The van der Waals surface area contributed by atoms with E-state index in [1.54, 1.807) is 43.9 Å². The summed E-state index contributed by atoms with van der Waals surface area (Å²) in [7, 11) is 3.06. The number of methoxy groups -OCH3 is 2. The first-order valence-electron chi connectivity index (χ1n) is 12.7. The molecule has 208 valence electrons. The molecule has 0 fully saturated rings. The summed E-state index contributed by atoms with van der Waals surface area (Å²) in [6, 6.07) is 9.84. The Morgan fingerprint density at radius 1 is 1.12 bits per heavy atom. The highest BCUT2D eigenvalue weighted by molar-refractivity contribution is 9.10. The predicted molar refractivity (Wildman–Crippen MR) is 156 cm³/mol. The van der Waals surface area contributed by atoms with Gasteiger partial charge < -0.3 is 19.1 Å². The number of rotatable bonds is 6. The molecule has 0 radical (unpaired) electrons. The van der Waals surface area contributed by atoms with E-state index in [-0.39, 0.29) is 16.0 Å². The fourth-order valence-electron chi connectivity index (χ4n) is 5.09. The third-order valence-electron chi connectivity index (χ3n) is 6.81. The second kappa shape index (κ2) is 10.7. The fourth-order valence-corrected chi connectivity index (χ4v) is 6.59. The Balaban J connectivity index is 1.87. The molecule has 0 saturated heterocycles. The summed E-state index contributed by atoms with van der Waals surface area (Å²) < 4.78 is 19.2. The number of likely N-dealkylation sites (N-methyl/N-ethyl adjacent to an activating group) is 1. The van der Waals surface area contributed by atoms with E-state index in [1.165, 1.54) is 18.8 Å². The van der Waals surface area contributed by atoms with Gasteiger partial charge in [-0.15, -0.1) is 0 Å². The molecule has 0 unspecified atom stereocenters. The van der Waals surface area contributed by atoms with Gasteiger partial charge in [0, 0.05) is 22.1 Å². The van der Waals surface area contributed by atoms with Gasteiger partial charge in [0.15, 0.2) is 4.80 Å². The highest BCUT2D eigenvalue weighted by atomic mass is 79.9. The maximum atomic E-state index is 14.3. The lowest BCUT2D eigenvalue weighted by atomic mass is 9.94. The summed E-state index contributed by atoms with van der Waals surface area (Å²) in [5, 5.41) is 0. The van der Waals surface area contributed by atoms with Crippen LogP contribution in [-0.4, -0.2) is 43.3 Å². The molecule has 0 saturated carbocycles. The van der Waals surface area contributed by atoms with E-state index in [1.807, 2.05) is 25.1 Å². The number of hydrogen-bond donors (Lipinski definition) is 0. The lowest BCUT2D eigenvalue weighted by Gasteiger charge is -2.26. The Labute approximate surface area is 243 Å².